The summed E-state index contributed by atoms with van der Waals surface area (Å²) in [6.07, 6.45) is 1.71. The van der Waals surface area contributed by atoms with E-state index < -0.39 is 16.1 Å². The minimum Gasteiger partial charge on any atom is -0.464 e. The molecule has 0 bridgehead atoms. The first-order valence-corrected chi connectivity index (χ1v) is 12.7. The lowest BCUT2D eigenvalue weighted by atomic mass is 10.1. The van der Waals surface area contributed by atoms with E-state index in [1.165, 1.54) is 23.7 Å². The minimum absolute atomic E-state index is 0.0942. The van der Waals surface area contributed by atoms with Crippen LogP contribution in [0.1, 0.15) is 33.4 Å². The van der Waals surface area contributed by atoms with Gasteiger partial charge in [-0.25, -0.2) is 13.4 Å². The van der Waals surface area contributed by atoms with Crippen LogP contribution in [0.3, 0.4) is 0 Å². The Morgan fingerprint density at radius 2 is 1.87 bits per heavy atom. The van der Waals surface area contributed by atoms with Crippen LogP contribution < -0.4 is 4.72 Å². The Kier molecular flexibility index (Phi) is 7.51. The highest BCUT2D eigenvalue weighted by Crippen LogP contribution is 2.21. The van der Waals surface area contributed by atoms with Gasteiger partial charge in [0.15, 0.2) is 0 Å². The molecule has 0 aliphatic heterocycles. The second-order valence-corrected chi connectivity index (χ2v) is 10.9. The normalized spacial score (nSPS) is 13.2. The van der Waals surface area contributed by atoms with E-state index in [4.69, 9.17) is 4.42 Å². The number of carbonyl (C=O) groups excluding carboxylic acids is 1. The van der Waals surface area contributed by atoms with Crippen molar-refractivity contribution in [2.24, 2.45) is 11.8 Å². The standard InChI is InChI=1S/C22H29N3O4S2/c1-15(2)11-25(12-16(3)4)22(26)20(10-18-13-30-14-23-18)24-31(27,28)19-5-6-21-17(9-19)7-8-29-21/h5-9,13-16,20,24H,10-12H2,1-4H3/t20-/m0/s1. The van der Waals surface area contributed by atoms with Crippen LogP contribution in [0.2, 0.25) is 0 Å². The molecule has 9 heteroatoms. The Labute approximate surface area is 187 Å². The van der Waals surface area contributed by atoms with Gasteiger partial charge in [-0.05, 0) is 36.1 Å². The lowest BCUT2D eigenvalue weighted by Gasteiger charge is -2.30. The lowest BCUT2D eigenvalue weighted by Crippen LogP contribution is -2.51. The lowest BCUT2D eigenvalue weighted by molar-refractivity contribution is -0.134. The molecule has 1 atom stereocenters. The Bertz CT molecular complexity index is 1090. The SMILES string of the molecule is CC(C)CN(CC(C)C)C(=O)[C@H](Cc1cscn1)NS(=O)(=O)c1ccc2occc2c1. The second-order valence-electron chi connectivity index (χ2n) is 8.51. The Hall–Kier alpha value is -2.23. The molecule has 0 aliphatic carbocycles. The number of nitrogens with one attached hydrogen (secondary N) is 1. The third-order valence-corrected chi connectivity index (χ3v) is 6.81. The van der Waals surface area contributed by atoms with Crippen molar-refractivity contribution in [3.8, 4) is 0 Å². The van der Waals surface area contributed by atoms with Crippen LogP contribution in [0.25, 0.3) is 11.0 Å². The largest absolute Gasteiger partial charge is 0.464 e. The van der Waals surface area contributed by atoms with Gasteiger partial charge < -0.3 is 9.32 Å². The number of nitrogens with zero attached hydrogens (tertiary/aromatic N) is 2. The summed E-state index contributed by atoms with van der Waals surface area (Å²) in [4.78, 5) is 19.6. The van der Waals surface area contributed by atoms with E-state index in [0.29, 0.717) is 29.8 Å². The first kappa shape index (κ1) is 23.4. The van der Waals surface area contributed by atoms with E-state index >= 15 is 0 Å². The Morgan fingerprint density at radius 3 is 2.48 bits per heavy atom. The quantitative estimate of drug-likeness (QED) is 0.492. The predicted molar refractivity (Wildman–Crippen MR) is 122 cm³/mol. The van der Waals surface area contributed by atoms with Crippen LogP contribution in [0, 0.1) is 11.8 Å². The third-order valence-electron chi connectivity index (χ3n) is 4.71. The van der Waals surface area contributed by atoms with Gasteiger partial charge >= 0.3 is 0 Å². The van der Waals surface area contributed by atoms with E-state index in [2.05, 4.69) is 9.71 Å². The fourth-order valence-electron chi connectivity index (χ4n) is 3.45. The Morgan fingerprint density at radius 1 is 1.16 bits per heavy atom. The number of furan rings is 1. The summed E-state index contributed by atoms with van der Waals surface area (Å²) < 4.78 is 34.3. The van der Waals surface area contributed by atoms with Gasteiger partial charge in [0.05, 0.1) is 22.4 Å². The highest BCUT2D eigenvalue weighted by molar-refractivity contribution is 7.89. The molecule has 0 unspecified atom stereocenters. The number of rotatable bonds is 10. The van der Waals surface area contributed by atoms with Crippen molar-refractivity contribution in [2.75, 3.05) is 13.1 Å². The summed E-state index contributed by atoms with van der Waals surface area (Å²) in [5, 5.41) is 2.52. The van der Waals surface area contributed by atoms with Gasteiger partial charge in [0.1, 0.15) is 11.6 Å². The average molecular weight is 464 g/mol. The van der Waals surface area contributed by atoms with E-state index in [-0.39, 0.29) is 29.1 Å². The third kappa shape index (κ3) is 6.15. The summed E-state index contributed by atoms with van der Waals surface area (Å²) in [5.74, 6) is 0.300. The number of sulfonamides is 1. The van der Waals surface area contributed by atoms with Gasteiger partial charge in [-0.1, -0.05) is 27.7 Å². The predicted octanol–water partition coefficient (Wildman–Crippen LogP) is 3.92. The van der Waals surface area contributed by atoms with E-state index in [1.807, 2.05) is 33.1 Å². The number of amides is 1. The molecule has 3 aromatic rings. The maximum atomic E-state index is 13.5. The number of benzene rings is 1. The van der Waals surface area contributed by atoms with Crippen LogP contribution in [0.15, 0.2) is 50.7 Å². The molecule has 0 fully saturated rings. The van der Waals surface area contributed by atoms with Crippen LogP contribution in [0.4, 0.5) is 0 Å². The fourth-order valence-corrected chi connectivity index (χ4v) is 5.25. The molecular weight excluding hydrogens is 434 g/mol. The number of fused-ring (bicyclic) bond motifs is 1. The summed E-state index contributed by atoms with van der Waals surface area (Å²) in [6.45, 7) is 9.29. The van der Waals surface area contributed by atoms with Crippen LogP contribution in [-0.2, 0) is 21.2 Å². The molecule has 2 heterocycles. The summed E-state index contributed by atoms with van der Waals surface area (Å²) in [7, 11) is -3.93. The number of aromatic nitrogens is 1. The van der Waals surface area contributed by atoms with Gasteiger partial charge in [-0.15, -0.1) is 11.3 Å². The molecule has 1 aromatic carbocycles. The highest BCUT2D eigenvalue weighted by atomic mass is 32.2. The van der Waals surface area contributed by atoms with Crippen molar-refractivity contribution in [3.63, 3.8) is 0 Å². The maximum absolute atomic E-state index is 13.5. The van der Waals surface area contributed by atoms with Crippen LogP contribution in [-0.4, -0.2) is 43.3 Å². The van der Waals surface area contributed by atoms with Crippen LogP contribution >= 0.6 is 11.3 Å². The monoisotopic (exact) mass is 463 g/mol. The molecule has 1 amide bonds. The van der Waals surface area contributed by atoms with E-state index in [1.54, 1.807) is 28.6 Å². The smallest absolute Gasteiger partial charge is 0.241 e. The zero-order valence-electron chi connectivity index (χ0n) is 18.2. The van der Waals surface area contributed by atoms with Gasteiger partial charge in [0, 0.05) is 30.3 Å². The van der Waals surface area contributed by atoms with Gasteiger partial charge in [0.2, 0.25) is 15.9 Å². The molecule has 0 spiro atoms. The first-order chi connectivity index (χ1) is 14.7. The number of carbonyl (C=O) groups is 1. The summed E-state index contributed by atoms with van der Waals surface area (Å²) in [5.41, 5.74) is 2.97. The Balaban J connectivity index is 1.90. The fraction of sp³-hybridized carbons (Fsp3) is 0.455. The topological polar surface area (TPSA) is 92.5 Å². The molecule has 3 rings (SSSR count). The molecule has 2 aromatic heterocycles. The minimum atomic E-state index is -3.93. The van der Waals surface area contributed by atoms with Crippen molar-refractivity contribution in [1.82, 2.24) is 14.6 Å². The molecule has 0 radical (unpaired) electrons. The van der Waals surface area contributed by atoms with E-state index in [9.17, 15) is 13.2 Å². The molecule has 7 nitrogen and oxygen atoms in total. The summed E-state index contributed by atoms with van der Waals surface area (Å²) in [6, 6.07) is 5.42. The first-order valence-electron chi connectivity index (χ1n) is 10.3. The molecule has 168 valence electrons. The van der Waals surface area contributed by atoms with Gasteiger partial charge in [-0.3, -0.25) is 4.79 Å². The molecular formula is C22H29N3O4S2. The number of hydrogen-bond donors (Lipinski definition) is 1. The average Bonchev–Trinajstić information content (AvgIpc) is 3.36. The van der Waals surface area contributed by atoms with Crippen molar-refractivity contribution >= 4 is 38.2 Å². The molecule has 0 aliphatic rings. The number of hydrogen-bond acceptors (Lipinski definition) is 6. The van der Waals surface area contributed by atoms with Crippen molar-refractivity contribution in [3.05, 3.63) is 47.1 Å². The molecule has 0 saturated heterocycles. The number of thiazole rings is 1. The molecule has 1 N–H and O–H groups in total. The summed E-state index contributed by atoms with van der Waals surface area (Å²) >= 11 is 1.42. The van der Waals surface area contributed by atoms with E-state index in [0.717, 1.165) is 0 Å². The van der Waals surface area contributed by atoms with Crippen LogP contribution in [0.5, 0.6) is 0 Å². The second kappa shape index (κ2) is 9.93. The zero-order valence-corrected chi connectivity index (χ0v) is 19.9. The van der Waals surface area contributed by atoms with Gasteiger partial charge in [-0.2, -0.15) is 4.72 Å². The molecule has 31 heavy (non-hydrogen) atoms. The maximum Gasteiger partial charge on any atom is 0.241 e. The van der Waals surface area contributed by atoms with Crippen molar-refractivity contribution in [1.29, 1.82) is 0 Å². The van der Waals surface area contributed by atoms with Crippen molar-refractivity contribution < 1.29 is 17.6 Å². The molecule has 0 saturated carbocycles. The highest BCUT2D eigenvalue weighted by Gasteiger charge is 2.31. The van der Waals surface area contributed by atoms with Gasteiger partial charge in [0.25, 0.3) is 0 Å². The van der Waals surface area contributed by atoms with Crippen molar-refractivity contribution in [2.45, 2.75) is 45.1 Å². The zero-order chi connectivity index (χ0) is 22.6.